The number of rotatable bonds is 6. The lowest BCUT2D eigenvalue weighted by atomic mass is 10.2. The van der Waals surface area contributed by atoms with Crippen molar-refractivity contribution in [3.63, 3.8) is 0 Å². The Bertz CT molecular complexity index is 1300. The normalized spacial score (nSPS) is 10.7. The number of carbonyl (C=O) groups excluding carboxylic acids is 1. The number of benzene rings is 2. The van der Waals surface area contributed by atoms with E-state index in [-0.39, 0.29) is 23.4 Å². The number of nitrogens with zero attached hydrogens (tertiary/aromatic N) is 4. The van der Waals surface area contributed by atoms with E-state index in [0.717, 1.165) is 14.9 Å². The van der Waals surface area contributed by atoms with Gasteiger partial charge >= 0.3 is 11.2 Å². The van der Waals surface area contributed by atoms with E-state index >= 15 is 0 Å². The highest BCUT2D eigenvalue weighted by atomic mass is 35.5. The summed E-state index contributed by atoms with van der Waals surface area (Å²) in [5, 5.41) is 7.46. The molecule has 0 spiro atoms. The van der Waals surface area contributed by atoms with Gasteiger partial charge in [-0.15, -0.1) is 5.10 Å². The Kier molecular flexibility index (Phi) is 6.90. The summed E-state index contributed by atoms with van der Waals surface area (Å²) < 4.78 is 7.14. The lowest BCUT2D eigenvalue weighted by Crippen LogP contribution is -2.41. The molecule has 0 fully saturated rings. The van der Waals surface area contributed by atoms with Crippen LogP contribution in [0.3, 0.4) is 0 Å². The van der Waals surface area contributed by atoms with Gasteiger partial charge in [-0.25, -0.2) is 9.36 Å². The second-order valence-electron chi connectivity index (χ2n) is 7.12. The molecule has 0 atom stereocenters. The third-order valence-electron chi connectivity index (χ3n) is 4.56. The fourth-order valence-electron chi connectivity index (χ4n) is 3.04. The van der Waals surface area contributed by atoms with E-state index in [1.165, 1.54) is 26.2 Å². The quantitative estimate of drug-likeness (QED) is 0.585. The molecule has 1 N–H and O–H groups in total. The first-order valence-corrected chi connectivity index (χ1v) is 10.2. The predicted molar refractivity (Wildman–Crippen MR) is 125 cm³/mol. The van der Waals surface area contributed by atoms with Crippen LogP contribution in [-0.4, -0.2) is 41.5 Å². The number of amides is 1. The summed E-state index contributed by atoms with van der Waals surface area (Å²) in [7, 11) is 4.97. The van der Waals surface area contributed by atoms with Crippen LogP contribution in [0.1, 0.15) is 12.5 Å². The molecule has 0 saturated heterocycles. The summed E-state index contributed by atoms with van der Waals surface area (Å²) in [5.41, 5.74) is 0.665. The third kappa shape index (κ3) is 4.79. The lowest BCUT2D eigenvalue weighted by molar-refractivity contribution is -0.114. The maximum absolute atomic E-state index is 13.2. The monoisotopic (exact) mass is 477 g/mol. The number of hydrogen-bond donors (Lipinski definition) is 1. The predicted octanol–water partition coefficient (Wildman–Crippen LogP) is 2.78. The van der Waals surface area contributed by atoms with Gasteiger partial charge in [0.2, 0.25) is 5.91 Å². The van der Waals surface area contributed by atoms with Crippen molar-refractivity contribution < 1.29 is 9.53 Å². The van der Waals surface area contributed by atoms with E-state index in [0.29, 0.717) is 22.0 Å². The van der Waals surface area contributed by atoms with E-state index < -0.39 is 11.2 Å². The van der Waals surface area contributed by atoms with Crippen LogP contribution in [0.25, 0.3) is 5.69 Å². The van der Waals surface area contributed by atoms with Crippen molar-refractivity contribution >= 4 is 40.5 Å². The molecule has 32 heavy (non-hydrogen) atoms. The fraction of sp³-hybridized carbons (Fsp3) is 0.238. The highest BCUT2D eigenvalue weighted by Gasteiger charge is 2.17. The first-order valence-electron chi connectivity index (χ1n) is 9.43. The maximum Gasteiger partial charge on any atom is 0.352 e. The van der Waals surface area contributed by atoms with Gasteiger partial charge in [-0.2, -0.15) is 4.68 Å². The minimum atomic E-state index is -0.687. The summed E-state index contributed by atoms with van der Waals surface area (Å²) in [6, 6.07) is 9.77. The first kappa shape index (κ1) is 23.4. The third-order valence-corrected chi connectivity index (χ3v) is 5.21. The molecule has 3 aromatic rings. The van der Waals surface area contributed by atoms with Gasteiger partial charge in [0, 0.05) is 21.0 Å². The highest BCUT2D eigenvalue weighted by molar-refractivity contribution is 6.34. The molecule has 0 saturated carbocycles. The van der Waals surface area contributed by atoms with E-state index in [4.69, 9.17) is 27.9 Å². The number of methoxy groups -OCH3 is 1. The number of nitrogens with one attached hydrogen (secondary N) is 1. The van der Waals surface area contributed by atoms with E-state index in [2.05, 4.69) is 10.4 Å². The summed E-state index contributed by atoms with van der Waals surface area (Å²) in [6.07, 6.45) is 0. The van der Waals surface area contributed by atoms with Gasteiger partial charge in [-0.1, -0.05) is 29.3 Å². The van der Waals surface area contributed by atoms with E-state index in [1.54, 1.807) is 24.3 Å². The Hall–Kier alpha value is -3.30. The van der Waals surface area contributed by atoms with Crippen molar-refractivity contribution in [2.24, 2.45) is 0 Å². The number of anilines is 2. The van der Waals surface area contributed by atoms with Gasteiger partial charge in [0.1, 0.15) is 0 Å². The van der Waals surface area contributed by atoms with Crippen LogP contribution in [0, 0.1) is 0 Å². The number of carbonyl (C=O) groups is 1. The minimum absolute atomic E-state index is 0.0271. The molecule has 0 radical (unpaired) electrons. The molecule has 0 unspecified atom stereocenters. The van der Waals surface area contributed by atoms with Crippen LogP contribution < -0.4 is 26.2 Å². The highest BCUT2D eigenvalue weighted by Crippen LogP contribution is 2.26. The molecule has 0 bridgehead atoms. The van der Waals surface area contributed by atoms with Gasteiger partial charge in [0.15, 0.2) is 0 Å². The topological polar surface area (TPSA) is 98.5 Å². The fourth-order valence-corrected chi connectivity index (χ4v) is 3.49. The number of halogens is 2. The number of ether oxygens (including phenoxy) is 1. The summed E-state index contributed by atoms with van der Waals surface area (Å²) in [6.45, 7) is 1.31. The van der Waals surface area contributed by atoms with Crippen molar-refractivity contribution in [3.05, 3.63) is 72.8 Å². The second kappa shape index (κ2) is 9.46. The zero-order valence-corrected chi connectivity index (χ0v) is 19.4. The molecule has 3 rings (SSSR count). The standard InChI is InChI=1S/C21H21Cl2N5O4/c1-12(29)24-17-10-14(6-8-15(17)22)28-21(31)27(20(30)19(25-28)32-4)11-13-5-7-16(23)18(9-13)26(2)3/h5-10H,11H2,1-4H3,(H,24,29). The molecule has 0 aliphatic heterocycles. The van der Waals surface area contributed by atoms with Crippen LogP contribution in [0.4, 0.5) is 11.4 Å². The van der Waals surface area contributed by atoms with E-state index in [9.17, 15) is 14.4 Å². The Balaban J connectivity index is 2.16. The molecule has 0 aliphatic carbocycles. The Morgan fingerprint density at radius 3 is 2.44 bits per heavy atom. The van der Waals surface area contributed by atoms with Gasteiger partial charge in [-0.3, -0.25) is 9.59 Å². The van der Waals surface area contributed by atoms with Crippen LogP contribution in [0.5, 0.6) is 5.88 Å². The molecular formula is C21H21Cl2N5O4. The summed E-state index contributed by atoms with van der Waals surface area (Å²) in [5.74, 6) is -0.589. The van der Waals surface area contributed by atoms with Crippen molar-refractivity contribution in [3.8, 4) is 11.6 Å². The minimum Gasteiger partial charge on any atom is -0.476 e. The number of aromatic nitrogens is 3. The first-order chi connectivity index (χ1) is 15.1. The molecule has 0 aliphatic rings. The summed E-state index contributed by atoms with van der Waals surface area (Å²) >= 11 is 12.4. The zero-order chi connectivity index (χ0) is 23.6. The largest absolute Gasteiger partial charge is 0.476 e. The Labute approximate surface area is 193 Å². The van der Waals surface area contributed by atoms with Crippen molar-refractivity contribution in [2.45, 2.75) is 13.5 Å². The van der Waals surface area contributed by atoms with Crippen molar-refractivity contribution in [1.29, 1.82) is 0 Å². The van der Waals surface area contributed by atoms with Crippen LogP contribution in [-0.2, 0) is 11.3 Å². The molecule has 2 aromatic carbocycles. The smallest absolute Gasteiger partial charge is 0.352 e. The number of hydrogen-bond acceptors (Lipinski definition) is 6. The molecule has 1 heterocycles. The molecule has 11 heteroatoms. The second-order valence-corrected chi connectivity index (χ2v) is 7.93. The van der Waals surface area contributed by atoms with Crippen LogP contribution >= 0.6 is 23.2 Å². The summed E-state index contributed by atoms with van der Waals surface area (Å²) in [4.78, 5) is 39.3. The Morgan fingerprint density at radius 1 is 1.12 bits per heavy atom. The molecule has 9 nitrogen and oxygen atoms in total. The maximum atomic E-state index is 13.2. The molecular weight excluding hydrogens is 457 g/mol. The van der Waals surface area contributed by atoms with Gasteiger partial charge < -0.3 is 15.0 Å². The van der Waals surface area contributed by atoms with Crippen molar-refractivity contribution in [2.75, 3.05) is 31.4 Å². The van der Waals surface area contributed by atoms with E-state index in [1.807, 2.05) is 19.0 Å². The van der Waals surface area contributed by atoms with Crippen LogP contribution in [0.15, 0.2) is 46.0 Å². The zero-order valence-electron chi connectivity index (χ0n) is 17.8. The van der Waals surface area contributed by atoms with Crippen LogP contribution in [0.2, 0.25) is 10.0 Å². The average Bonchev–Trinajstić information content (AvgIpc) is 2.73. The lowest BCUT2D eigenvalue weighted by Gasteiger charge is -2.16. The molecule has 168 valence electrons. The molecule has 1 aromatic heterocycles. The SMILES string of the molecule is COc1nn(-c2ccc(Cl)c(NC(C)=O)c2)c(=O)n(Cc2ccc(Cl)c(N(C)C)c2)c1=O. The van der Waals surface area contributed by atoms with Gasteiger partial charge in [-0.05, 0) is 35.9 Å². The van der Waals surface area contributed by atoms with Gasteiger partial charge in [0.25, 0.3) is 5.88 Å². The van der Waals surface area contributed by atoms with Crippen molar-refractivity contribution in [1.82, 2.24) is 14.3 Å². The van der Waals surface area contributed by atoms with Gasteiger partial charge in [0.05, 0.1) is 40.8 Å². The average molecular weight is 478 g/mol. The Morgan fingerprint density at radius 2 is 1.81 bits per heavy atom. The molecule has 1 amide bonds.